The number of amides is 1. The molecular weight excluding hydrogens is 324 g/mol. The summed E-state index contributed by atoms with van der Waals surface area (Å²) in [5.74, 6) is 0.121. The van der Waals surface area contributed by atoms with E-state index in [9.17, 15) is 4.79 Å². The van der Waals surface area contributed by atoms with Crippen LogP contribution < -0.4 is 4.90 Å². The quantitative estimate of drug-likeness (QED) is 0.787. The fourth-order valence-electron chi connectivity index (χ4n) is 2.39. The van der Waals surface area contributed by atoms with E-state index in [0.717, 1.165) is 34.9 Å². The topological polar surface area (TPSA) is 33.2 Å². The Kier molecular flexibility index (Phi) is 3.41. The monoisotopic (exact) mass is 336 g/mol. The maximum Gasteiger partial charge on any atom is 0.237 e. The molecule has 3 rings (SSSR count). The Hall–Kier alpha value is -1.20. The highest BCUT2D eigenvalue weighted by Gasteiger charge is 2.24. The van der Waals surface area contributed by atoms with Gasteiger partial charge in [-0.05, 0) is 31.0 Å². The van der Waals surface area contributed by atoms with Crippen molar-refractivity contribution < 1.29 is 4.79 Å². The van der Waals surface area contributed by atoms with Crippen LogP contribution in [0.5, 0.6) is 0 Å². The van der Waals surface area contributed by atoms with Crippen molar-refractivity contribution in [3.05, 3.63) is 34.2 Å². The van der Waals surface area contributed by atoms with Crippen molar-refractivity contribution in [2.75, 3.05) is 16.8 Å². The molecule has 0 atom stereocenters. The zero-order valence-corrected chi connectivity index (χ0v) is 12.9. The van der Waals surface area contributed by atoms with E-state index in [1.807, 2.05) is 24.0 Å². The Morgan fingerprint density at radius 3 is 3.05 bits per heavy atom. The predicted molar refractivity (Wildman–Crippen MR) is 82.1 cm³/mol. The third kappa shape index (κ3) is 2.32. The number of carbonyl (C=O) groups is 1. The van der Waals surface area contributed by atoms with Crippen LogP contribution in [0.1, 0.15) is 10.6 Å². The molecule has 3 nitrogen and oxygen atoms in total. The van der Waals surface area contributed by atoms with E-state index in [1.165, 1.54) is 5.56 Å². The second-order valence-corrected chi connectivity index (χ2v) is 6.15. The van der Waals surface area contributed by atoms with E-state index in [4.69, 9.17) is 0 Å². The molecule has 1 aliphatic rings. The van der Waals surface area contributed by atoms with Crippen LogP contribution >= 0.6 is 27.3 Å². The summed E-state index contributed by atoms with van der Waals surface area (Å²) < 4.78 is 0. The van der Waals surface area contributed by atoms with Crippen molar-refractivity contribution in [2.45, 2.75) is 13.3 Å². The smallest absolute Gasteiger partial charge is 0.237 e. The normalized spacial score (nSPS) is 13.7. The van der Waals surface area contributed by atoms with Gasteiger partial charge in [-0.15, -0.1) is 11.3 Å². The van der Waals surface area contributed by atoms with E-state index in [2.05, 4.69) is 32.4 Å². The third-order valence-electron chi connectivity index (χ3n) is 3.31. The molecule has 0 spiro atoms. The molecular formula is C14H13BrN2OS. The van der Waals surface area contributed by atoms with Crippen LogP contribution in [0.3, 0.4) is 0 Å². The summed E-state index contributed by atoms with van der Waals surface area (Å²) in [7, 11) is 0. The zero-order valence-electron chi connectivity index (χ0n) is 10.5. The van der Waals surface area contributed by atoms with Crippen LogP contribution in [0.25, 0.3) is 11.3 Å². The zero-order chi connectivity index (χ0) is 13.4. The summed E-state index contributed by atoms with van der Waals surface area (Å²) >= 11 is 4.89. The van der Waals surface area contributed by atoms with Crippen molar-refractivity contribution in [3.8, 4) is 11.3 Å². The van der Waals surface area contributed by atoms with Gasteiger partial charge in [-0.2, -0.15) is 0 Å². The van der Waals surface area contributed by atoms with Crippen molar-refractivity contribution in [1.82, 2.24) is 4.98 Å². The van der Waals surface area contributed by atoms with Gasteiger partial charge < -0.3 is 4.90 Å². The molecule has 0 fully saturated rings. The lowest BCUT2D eigenvalue weighted by Crippen LogP contribution is -2.29. The van der Waals surface area contributed by atoms with Crippen molar-refractivity contribution >= 4 is 38.9 Å². The first-order chi connectivity index (χ1) is 9.19. The van der Waals surface area contributed by atoms with E-state index in [0.29, 0.717) is 5.33 Å². The first-order valence-electron chi connectivity index (χ1n) is 6.11. The van der Waals surface area contributed by atoms with Crippen molar-refractivity contribution in [3.63, 3.8) is 0 Å². The molecule has 1 aromatic heterocycles. The molecule has 0 aliphatic carbocycles. The average molecular weight is 337 g/mol. The molecule has 0 saturated heterocycles. The van der Waals surface area contributed by atoms with Gasteiger partial charge in [-0.3, -0.25) is 4.79 Å². The Labute approximate surface area is 124 Å². The minimum Gasteiger partial charge on any atom is -0.311 e. The fraction of sp³-hybridized carbons (Fsp3) is 0.286. The van der Waals surface area contributed by atoms with Gasteiger partial charge in [0, 0.05) is 23.2 Å². The maximum atomic E-state index is 11.8. The summed E-state index contributed by atoms with van der Waals surface area (Å²) in [5, 5.41) is 3.53. The second-order valence-electron chi connectivity index (χ2n) is 4.52. The van der Waals surface area contributed by atoms with Crippen LogP contribution in [-0.2, 0) is 11.2 Å². The largest absolute Gasteiger partial charge is 0.311 e. The van der Waals surface area contributed by atoms with Gasteiger partial charge in [-0.1, -0.05) is 22.0 Å². The number of fused-ring (bicyclic) bond motifs is 1. The fourth-order valence-corrected chi connectivity index (χ4v) is 3.31. The van der Waals surface area contributed by atoms with Crippen molar-refractivity contribution in [2.24, 2.45) is 0 Å². The minimum absolute atomic E-state index is 0.121. The molecule has 0 N–H and O–H groups in total. The van der Waals surface area contributed by atoms with Crippen molar-refractivity contribution in [1.29, 1.82) is 0 Å². The van der Waals surface area contributed by atoms with Crippen LogP contribution in [0, 0.1) is 6.92 Å². The molecule has 1 aliphatic heterocycles. The van der Waals surface area contributed by atoms with Gasteiger partial charge in [0.15, 0.2) is 0 Å². The number of hydrogen-bond acceptors (Lipinski definition) is 3. The van der Waals surface area contributed by atoms with Gasteiger partial charge in [0.1, 0.15) is 0 Å². The average Bonchev–Trinajstić information content (AvgIpc) is 3.03. The number of thiazole rings is 1. The molecule has 98 valence electrons. The number of anilines is 1. The van der Waals surface area contributed by atoms with Gasteiger partial charge >= 0.3 is 0 Å². The second kappa shape index (κ2) is 5.06. The van der Waals surface area contributed by atoms with Gasteiger partial charge in [0.25, 0.3) is 0 Å². The number of halogens is 1. The molecule has 0 saturated carbocycles. The number of alkyl halides is 1. The summed E-state index contributed by atoms with van der Waals surface area (Å²) in [4.78, 5) is 18.2. The van der Waals surface area contributed by atoms with Gasteiger partial charge in [-0.25, -0.2) is 4.98 Å². The summed E-state index contributed by atoms with van der Waals surface area (Å²) in [6.45, 7) is 2.79. The standard InChI is InChI=1S/C14H13BrN2OS/c1-9-16-12(8-19-9)10-2-3-13-11(6-10)4-5-17(13)14(18)7-15/h2-3,6,8H,4-5,7H2,1H3. The molecule has 5 heteroatoms. The molecule has 2 heterocycles. The number of hydrogen-bond donors (Lipinski definition) is 0. The number of benzene rings is 1. The summed E-state index contributed by atoms with van der Waals surface area (Å²) in [6.07, 6.45) is 0.922. The van der Waals surface area contributed by atoms with Gasteiger partial charge in [0.2, 0.25) is 5.91 Å². The molecule has 2 aromatic rings. The number of nitrogens with zero attached hydrogens (tertiary/aromatic N) is 2. The summed E-state index contributed by atoms with van der Waals surface area (Å²) in [6, 6.07) is 6.24. The molecule has 0 radical (unpaired) electrons. The highest BCUT2D eigenvalue weighted by Crippen LogP contribution is 2.32. The number of rotatable bonds is 2. The molecule has 1 aromatic carbocycles. The van der Waals surface area contributed by atoms with Crippen LogP contribution in [0.15, 0.2) is 23.6 Å². The third-order valence-corrected chi connectivity index (χ3v) is 4.56. The summed E-state index contributed by atoms with van der Waals surface area (Å²) in [5.41, 5.74) is 4.43. The first kappa shape index (κ1) is 12.8. The molecule has 1 amide bonds. The first-order valence-corrected chi connectivity index (χ1v) is 8.11. The van der Waals surface area contributed by atoms with Crippen LogP contribution in [0.2, 0.25) is 0 Å². The Morgan fingerprint density at radius 2 is 2.37 bits per heavy atom. The molecule has 19 heavy (non-hydrogen) atoms. The van der Waals surface area contributed by atoms with Gasteiger partial charge in [0.05, 0.1) is 16.0 Å². The van der Waals surface area contributed by atoms with Crippen LogP contribution in [0.4, 0.5) is 5.69 Å². The number of carbonyl (C=O) groups excluding carboxylic acids is 1. The lowest BCUT2D eigenvalue weighted by atomic mass is 10.1. The molecule has 0 bridgehead atoms. The lowest BCUT2D eigenvalue weighted by molar-refractivity contribution is -0.116. The van der Waals surface area contributed by atoms with E-state index < -0.39 is 0 Å². The SMILES string of the molecule is Cc1nc(-c2ccc3c(c2)CCN3C(=O)CBr)cs1. The van der Waals surface area contributed by atoms with E-state index >= 15 is 0 Å². The maximum absolute atomic E-state index is 11.8. The number of aromatic nitrogens is 1. The lowest BCUT2D eigenvalue weighted by Gasteiger charge is -2.15. The highest BCUT2D eigenvalue weighted by atomic mass is 79.9. The number of aryl methyl sites for hydroxylation is 1. The minimum atomic E-state index is 0.121. The van der Waals surface area contributed by atoms with E-state index in [-0.39, 0.29) is 5.91 Å². The highest BCUT2D eigenvalue weighted by molar-refractivity contribution is 9.09. The Bertz CT molecular complexity index is 638. The van der Waals surface area contributed by atoms with Crippen LogP contribution in [-0.4, -0.2) is 22.8 Å². The Morgan fingerprint density at radius 1 is 1.53 bits per heavy atom. The Balaban J connectivity index is 1.96. The predicted octanol–water partition coefficient (Wildman–Crippen LogP) is 3.40. The molecule has 0 unspecified atom stereocenters. The van der Waals surface area contributed by atoms with E-state index in [1.54, 1.807) is 11.3 Å².